The molecule has 1 heterocycles. The molecule has 1 aromatic heterocycles. The molecule has 1 aliphatic carbocycles. The van der Waals surface area contributed by atoms with Gasteiger partial charge in [0.1, 0.15) is 0 Å². The fourth-order valence-corrected chi connectivity index (χ4v) is 2.53. The van der Waals surface area contributed by atoms with E-state index >= 15 is 0 Å². The van der Waals surface area contributed by atoms with Crippen molar-refractivity contribution in [3.8, 4) is 6.01 Å². The average Bonchev–Trinajstić information content (AvgIpc) is 2.81. The van der Waals surface area contributed by atoms with Crippen LogP contribution >= 0.6 is 0 Å². The van der Waals surface area contributed by atoms with Crippen molar-refractivity contribution in [3.05, 3.63) is 0 Å². The summed E-state index contributed by atoms with van der Waals surface area (Å²) in [6.07, 6.45) is 4.77. The normalized spacial score (nSPS) is 21.6. The first-order chi connectivity index (χ1) is 10.1. The zero-order valence-electron chi connectivity index (χ0n) is 13.5. The molecule has 1 aromatic rings. The molecule has 6 nitrogen and oxygen atoms in total. The van der Waals surface area contributed by atoms with Crippen molar-refractivity contribution in [1.29, 1.82) is 0 Å². The van der Waals surface area contributed by atoms with Crippen molar-refractivity contribution in [1.82, 2.24) is 15.0 Å². The van der Waals surface area contributed by atoms with Crippen molar-refractivity contribution in [2.45, 2.75) is 65.5 Å². The van der Waals surface area contributed by atoms with Crippen molar-refractivity contribution >= 4 is 11.9 Å². The van der Waals surface area contributed by atoms with Gasteiger partial charge in [0.2, 0.25) is 11.9 Å². The molecule has 2 unspecified atom stereocenters. The number of aromatic nitrogens is 3. The summed E-state index contributed by atoms with van der Waals surface area (Å²) in [6, 6.07) is 0.824. The highest BCUT2D eigenvalue weighted by Gasteiger charge is 2.24. The van der Waals surface area contributed by atoms with Crippen LogP contribution < -0.4 is 15.4 Å². The van der Waals surface area contributed by atoms with Crippen LogP contribution in [-0.4, -0.2) is 33.6 Å². The van der Waals surface area contributed by atoms with Gasteiger partial charge < -0.3 is 15.4 Å². The molecule has 0 spiro atoms. The number of nitrogens with one attached hydrogen (secondary N) is 2. The molecule has 2 rings (SSSR count). The molecule has 0 aromatic carbocycles. The summed E-state index contributed by atoms with van der Waals surface area (Å²) in [5.41, 5.74) is 0. The predicted molar refractivity (Wildman–Crippen MR) is 84.8 cm³/mol. The Kier molecular flexibility index (Phi) is 5.59. The van der Waals surface area contributed by atoms with Crippen molar-refractivity contribution in [2.24, 2.45) is 5.92 Å². The summed E-state index contributed by atoms with van der Waals surface area (Å²) in [5.74, 6) is 1.84. The third-order valence-corrected chi connectivity index (χ3v) is 3.67. The molecule has 1 fully saturated rings. The van der Waals surface area contributed by atoms with E-state index < -0.39 is 0 Å². The van der Waals surface area contributed by atoms with Gasteiger partial charge in [-0.3, -0.25) is 0 Å². The maximum atomic E-state index is 5.62. The van der Waals surface area contributed by atoms with Crippen molar-refractivity contribution in [3.63, 3.8) is 0 Å². The van der Waals surface area contributed by atoms with Gasteiger partial charge in [-0.05, 0) is 39.0 Å². The third-order valence-electron chi connectivity index (χ3n) is 3.67. The summed E-state index contributed by atoms with van der Waals surface area (Å²) in [4.78, 5) is 13.1. The Labute approximate surface area is 127 Å². The fourth-order valence-electron chi connectivity index (χ4n) is 2.53. The Morgan fingerprint density at radius 2 is 1.95 bits per heavy atom. The standard InChI is InChI=1S/C15H27N5O/c1-5-9-16-13-18-14(17-12-8-6-7-11(12)4)20-15(19-13)21-10(2)3/h10-12H,5-9H2,1-4H3,(H2,16,17,18,19,20). The van der Waals surface area contributed by atoms with Gasteiger partial charge in [0.15, 0.2) is 0 Å². The van der Waals surface area contributed by atoms with E-state index in [1.807, 2.05) is 13.8 Å². The maximum Gasteiger partial charge on any atom is 0.323 e. The van der Waals surface area contributed by atoms with Gasteiger partial charge in [0, 0.05) is 12.6 Å². The van der Waals surface area contributed by atoms with Crippen molar-refractivity contribution in [2.75, 3.05) is 17.2 Å². The first-order valence-electron chi connectivity index (χ1n) is 8.01. The number of anilines is 2. The molecule has 0 bridgehead atoms. The molecule has 6 heteroatoms. The first-order valence-corrected chi connectivity index (χ1v) is 8.01. The lowest BCUT2D eigenvalue weighted by atomic mass is 10.1. The number of rotatable bonds is 7. The Hall–Kier alpha value is -1.59. The summed E-state index contributed by atoms with van der Waals surface area (Å²) < 4.78 is 5.62. The van der Waals surface area contributed by atoms with Gasteiger partial charge in [-0.15, -0.1) is 0 Å². The second-order valence-corrected chi connectivity index (χ2v) is 6.02. The van der Waals surface area contributed by atoms with Crippen LogP contribution in [0.15, 0.2) is 0 Å². The second-order valence-electron chi connectivity index (χ2n) is 6.02. The van der Waals surface area contributed by atoms with Crippen molar-refractivity contribution < 1.29 is 4.74 Å². The Morgan fingerprint density at radius 1 is 1.19 bits per heavy atom. The number of nitrogens with zero attached hydrogens (tertiary/aromatic N) is 3. The molecule has 21 heavy (non-hydrogen) atoms. The molecule has 0 radical (unpaired) electrons. The van der Waals surface area contributed by atoms with Gasteiger partial charge in [-0.1, -0.05) is 20.3 Å². The molecule has 1 saturated carbocycles. The molecule has 0 amide bonds. The lowest BCUT2D eigenvalue weighted by molar-refractivity contribution is 0.222. The highest BCUT2D eigenvalue weighted by Crippen LogP contribution is 2.27. The topological polar surface area (TPSA) is 72.0 Å². The van der Waals surface area contributed by atoms with Crippen LogP contribution in [0, 0.1) is 5.92 Å². The van der Waals surface area contributed by atoms with Gasteiger partial charge in [0.05, 0.1) is 6.10 Å². The van der Waals surface area contributed by atoms with Crippen LogP contribution in [0.4, 0.5) is 11.9 Å². The minimum Gasteiger partial charge on any atom is -0.461 e. The van der Waals surface area contributed by atoms with E-state index in [-0.39, 0.29) is 6.10 Å². The minimum atomic E-state index is 0.0460. The molecular formula is C15H27N5O. The molecule has 118 valence electrons. The number of ether oxygens (including phenoxy) is 1. The van der Waals surface area contributed by atoms with E-state index in [2.05, 4.69) is 39.4 Å². The predicted octanol–water partition coefficient (Wildman–Crippen LogP) is 3.08. The lowest BCUT2D eigenvalue weighted by Crippen LogP contribution is -2.24. The summed E-state index contributed by atoms with van der Waals surface area (Å²) in [5, 5.41) is 6.64. The quantitative estimate of drug-likeness (QED) is 0.805. The SMILES string of the molecule is CCCNc1nc(NC2CCCC2C)nc(OC(C)C)n1. The Bertz CT molecular complexity index is 452. The van der Waals surface area contributed by atoms with Gasteiger partial charge in [0.25, 0.3) is 0 Å². The maximum absolute atomic E-state index is 5.62. The minimum absolute atomic E-state index is 0.0460. The van der Waals surface area contributed by atoms with E-state index in [1.54, 1.807) is 0 Å². The van der Waals surface area contributed by atoms with E-state index in [4.69, 9.17) is 4.74 Å². The zero-order valence-corrected chi connectivity index (χ0v) is 13.5. The van der Waals surface area contributed by atoms with E-state index in [0.717, 1.165) is 13.0 Å². The second kappa shape index (κ2) is 7.43. The van der Waals surface area contributed by atoms with Crippen LogP contribution in [-0.2, 0) is 0 Å². The molecular weight excluding hydrogens is 266 g/mol. The average molecular weight is 293 g/mol. The number of hydrogen-bond acceptors (Lipinski definition) is 6. The Morgan fingerprint density at radius 3 is 2.57 bits per heavy atom. The number of hydrogen-bond donors (Lipinski definition) is 2. The smallest absolute Gasteiger partial charge is 0.323 e. The lowest BCUT2D eigenvalue weighted by Gasteiger charge is -2.18. The molecule has 1 aliphatic rings. The van der Waals surface area contributed by atoms with Crippen LogP contribution in [0.5, 0.6) is 6.01 Å². The van der Waals surface area contributed by atoms with E-state index in [9.17, 15) is 0 Å². The monoisotopic (exact) mass is 293 g/mol. The van der Waals surface area contributed by atoms with Crippen LogP contribution in [0.25, 0.3) is 0 Å². The van der Waals surface area contributed by atoms with E-state index in [1.165, 1.54) is 19.3 Å². The van der Waals surface area contributed by atoms with Crippen LogP contribution in [0.1, 0.15) is 53.4 Å². The summed E-state index contributed by atoms with van der Waals surface area (Å²) in [6.45, 7) is 9.15. The van der Waals surface area contributed by atoms with Gasteiger partial charge in [-0.2, -0.15) is 15.0 Å². The largest absolute Gasteiger partial charge is 0.461 e. The first kappa shape index (κ1) is 15.8. The third kappa shape index (κ3) is 4.72. The summed E-state index contributed by atoms with van der Waals surface area (Å²) in [7, 11) is 0. The highest BCUT2D eigenvalue weighted by molar-refractivity contribution is 5.37. The zero-order chi connectivity index (χ0) is 15.2. The van der Waals surface area contributed by atoms with E-state index in [0.29, 0.717) is 29.9 Å². The van der Waals surface area contributed by atoms with Gasteiger partial charge in [-0.25, -0.2) is 0 Å². The summed E-state index contributed by atoms with van der Waals surface area (Å²) >= 11 is 0. The fraction of sp³-hybridized carbons (Fsp3) is 0.800. The Balaban J connectivity index is 2.13. The van der Waals surface area contributed by atoms with Gasteiger partial charge >= 0.3 is 6.01 Å². The molecule has 2 atom stereocenters. The molecule has 0 aliphatic heterocycles. The molecule has 2 N–H and O–H groups in total. The highest BCUT2D eigenvalue weighted by atomic mass is 16.5. The molecule has 0 saturated heterocycles. The van der Waals surface area contributed by atoms with Crippen LogP contribution in [0.3, 0.4) is 0 Å². The van der Waals surface area contributed by atoms with Crippen LogP contribution in [0.2, 0.25) is 0 Å².